The summed E-state index contributed by atoms with van der Waals surface area (Å²) < 4.78 is 5.13. The van der Waals surface area contributed by atoms with Crippen LogP contribution in [0.1, 0.15) is 12.3 Å². The van der Waals surface area contributed by atoms with Gasteiger partial charge >= 0.3 is 0 Å². The largest absolute Gasteiger partial charge is 0.347 e. The molecule has 0 saturated heterocycles. The standard InChI is InChI=1S/C17H15ClN4O3S/c18-11-3-5-12(6-4-11)20-15(24)10-19-14(23)7-8-16-21-17(22-25-16)13-2-1-9-26-13/h1-6,9H,7-8,10H2,(H,19,23)(H,20,24). The monoisotopic (exact) mass is 390 g/mol. The zero-order chi connectivity index (χ0) is 18.4. The first kappa shape index (κ1) is 18.1. The Morgan fingerprint density at radius 3 is 2.69 bits per heavy atom. The van der Waals surface area contributed by atoms with Crippen molar-refractivity contribution in [1.29, 1.82) is 0 Å². The molecule has 26 heavy (non-hydrogen) atoms. The topological polar surface area (TPSA) is 97.1 Å². The molecule has 0 aliphatic rings. The molecule has 134 valence electrons. The third-order valence-electron chi connectivity index (χ3n) is 3.35. The van der Waals surface area contributed by atoms with Crippen LogP contribution in [0, 0.1) is 0 Å². The summed E-state index contributed by atoms with van der Waals surface area (Å²) in [6.07, 6.45) is 0.462. The summed E-state index contributed by atoms with van der Waals surface area (Å²) in [6, 6.07) is 10.5. The van der Waals surface area contributed by atoms with Gasteiger partial charge in [-0.05, 0) is 35.7 Å². The number of nitrogens with zero attached hydrogens (tertiary/aromatic N) is 2. The number of nitrogens with one attached hydrogen (secondary N) is 2. The minimum atomic E-state index is -0.321. The van der Waals surface area contributed by atoms with Gasteiger partial charge < -0.3 is 15.2 Å². The van der Waals surface area contributed by atoms with E-state index in [1.807, 2.05) is 17.5 Å². The normalized spacial score (nSPS) is 10.5. The molecule has 0 saturated carbocycles. The summed E-state index contributed by atoms with van der Waals surface area (Å²) in [5, 5.41) is 11.6. The molecular formula is C17H15ClN4O3S. The lowest BCUT2D eigenvalue weighted by molar-refractivity contribution is -0.124. The van der Waals surface area contributed by atoms with Crippen molar-refractivity contribution in [3.8, 4) is 10.7 Å². The molecule has 9 heteroatoms. The van der Waals surface area contributed by atoms with Gasteiger partial charge in [0.15, 0.2) is 0 Å². The summed E-state index contributed by atoms with van der Waals surface area (Å²) in [5.41, 5.74) is 0.612. The highest BCUT2D eigenvalue weighted by Crippen LogP contribution is 2.21. The minimum absolute atomic E-state index is 0.119. The minimum Gasteiger partial charge on any atom is -0.347 e. The lowest BCUT2D eigenvalue weighted by atomic mass is 10.3. The maximum Gasteiger partial charge on any atom is 0.243 e. The zero-order valence-corrected chi connectivity index (χ0v) is 15.1. The number of aryl methyl sites for hydroxylation is 1. The number of aromatic nitrogens is 2. The zero-order valence-electron chi connectivity index (χ0n) is 13.6. The Balaban J connectivity index is 1.40. The van der Waals surface area contributed by atoms with Gasteiger partial charge in [0.05, 0.1) is 11.4 Å². The molecule has 0 bridgehead atoms. The number of hydrogen-bond donors (Lipinski definition) is 2. The molecule has 0 aliphatic carbocycles. The van der Waals surface area contributed by atoms with E-state index in [9.17, 15) is 9.59 Å². The van der Waals surface area contributed by atoms with Gasteiger partial charge in [0.1, 0.15) is 0 Å². The van der Waals surface area contributed by atoms with Crippen LogP contribution in [0.2, 0.25) is 5.02 Å². The van der Waals surface area contributed by atoms with Crippen LogP contribution in [0.15, 0.2) is 46.3 Å². The molecule has 0 fully saturated rings. The first-order valence-electron chi connectivity index (χ1n) is 7.79. The molecule has 7 nitrogen and oxygen atoms in total. The van der Waals surface area contributed by atoms with Crippen LogP contribution in [0.4, 0.5) is 5.69 Å². The van der Waals surface area contributed by atoms with E-state index in [1.165, 1.54) is 11.3 Å². The maximum atomic E-state index is 11.9. The maximum absolute atomic E-state index is 11.9. The van der Waals surface area contributed by atoms with Crippen LogP contribution >= 0.6 is 22.9 Å². The Morgan fingerprint density at radius 1 is 1.15 bits per heavy atom. The molecule has 0 spiro atoms. The number of hydrogen-bond acceptors (Lipinski definition) is 6. The molecule has 2 aromatic heterocycles. The smallest absolute Gasteiger partial charge is 0.243 e. The van der Waals surface area contributed by atoms with Gasteiger partial charge in [0, 0.05) is 23.6 Å². The number of carbonyl (C=O) groups is 2. The van der Waals surface area contributed by atoms with Gasteiger partial charge in [-0.3, -0.25) is 9.59 Å². The van der Waals surface area contributed by atoms with Crippen molar-refractivity contribution in [3.05, 3.63) is 52.7 Å². The molecular weight excluding hydrogens is 376 g/mol. The lowest BCUT2D eigenvalue weighted by Gasteiger charge is -2.06. The second kappa shape index (κ2) is 8.59. The predicted octanol–water partition coefficient (Wildman–Crippen LogP) is 3.14. The number of halogens is 1. The highest BCUT2D eigenvalue weighted by molar-refractivity contribution is 7.13. The van der Waals surface area contributed by atoms with Crippen molar-refractivity contribution in [2.75, 3.05) is 11.9 Å². The van der Waals surface area contributed by atoms with Crippen LogP contribution in [0.5, 0.6) is 0 Å². The number of anilines is 1. The van der Waals surface area contributed by atoms with E-state index in [1.54, 1.807) is 24.3 Å². The number of rotatable bonds is 7. The summed E-state index contributed by atoms with van der Waals surface area (Å²) in [5.74, 6) is 0.303. The van der Waals surface area contributed by atoms with E-state index in [4.69, 9.17) is 16.1 Å². The van der Waals surface area contributed by atoms with Crippen molar-refractivity contribution in [1.82, 2.24) is 15.5 Å². The van der Waals surface area contributed by atoms with Crippen LogP contribution in [-0.4, -0.2) is 28.5 Å². The van der Waals surface area contributed by atoms with Gasteiger partial charge in [0.2, 0.25) is 23.5 Å². The highest BCUT2D eigenvalue weighted by atomic mass is 35.5. The molecule has 3 rings (SSSR count). The molecule has 2 amide bonds. The molecule has 3 aromatic rings. The van der Waals surface area contributed by atoms with E-state index in [2.05, 4.69) is 20.8 Å². The third-order valence-corrected chi connectivity index (χ3v) is 4.47. The Kier molecular flexibility index (Phi) is 5.98. The molecule has 0 atom stereocenters. The summed E-state index contributed by atoms with van der Waals surface area (Å²) >= 11 is 7.29. The Labute approximate surface area is 158 Å². The summed E-state index contributed by atoms with van der Waals surface area (Å²) in [4.78, 5) is 28.8. The van der Waals surface area contributed by atoms with Gasteiger partial charge in [-0.15, -0.1) is 11.3 Å². The Morgan fingerprint density at radius 2 is 1.96 bits per heavy atom. The Hall–Kier alpha value is -2.71. The fraction of sp³-hybridized carbons (Fsp3) is 0.176. The lowest BCUT2D eigenvalue weighted by Crippen LogP contribution is -2.32. The second-order valence-corrected chi connectivity index (χ2v) is 6.70. The number of amides is 2. The molecule has 0 radical (unpaired) electrons. The average Bonchev–Trinajstić information content (AvgIpc) is 3.31. The summed E-state index contributed by atoms with van der Waals surface area (Å²) in [6.45, 7) is -0.119. The summed E-state index contributed by atoms with van der Waals surface area (Å²) in [7, 11) is 0. The van der Waals surface area contributed by atoms with Crippen LogP contribution in [0.25, 0.3) is 10.7 Å². The van der Waals surface area contributed by atoms with E-state index in [-0.39, 0.29) is 24.8 Å². The van der Waals surface area contributed by atoms with Gasteiger partial charge in [-0.2, -0.15) is 4.98 Å². The molecule has 2 N–H and O–H groups in total. The van der Waals surface area contributed by atoms with E-state index in [0.717, 1.165) is 4.88 Å². The van der Waals surface area contributed by atoms with Gasteiger partial charge in [-0.1, -0.05) is 22.8 Å². The fourth-order valence-electron chi connectivity index (χ4n) is 2.09. The Bertz CT molecular complexity index is 878. The van der Waals surface area contributed by atoms with E-state index < -0.39 is 0 Å². The van der Waals surface area contributed by atoms with Crippen molar-refractivity contribution in [2.24, 2.45) is 0 Å². The predicted molar refractivity (Wildman–Crippen MR) is 99.0 cm³/mol. The third kappa shape index (κ3) is 5.14. The van der Waals surface area contributed by atoms with Crippen molar-refractivity contribution in [2.45, 2.75) is 12.8 Å². The molecule has 0 unspecified atom stereocenters. The van der Waals surface area contributed by atoms with Crippen molar-refractivity contribution in [3.63, 3.8) is 0 Å². The molecule has 0 aliphatic heterocycles. The van der Waals surface area contributed by atoms with Crippen LogP contribution < -0.4 is 10.6 Å². The van der Waals surface area contributed by atoms with Gasteiger partial charge in [0.25, 0.3) is 0 Å². The average molecular weight is 391 g/mol. The van der Waals surface area contributed by atoms with E-state index >= 15 is 0 Å². The van der Waals surface area contributed by atoms with E-state index in [0.29, 0.717) is 28.8 Å². The quantitative estimate of drug-likeness (QED) is 0.646. The number of carbonyl (C=O) groups excluding carboxylic acids is 2. The van der Waals surface area contributed by atoms with Crippen LogP contribution in [0.3, 0.4) is 0 Å². The first-order valence-corrected chi connectivity index (χ1v) is 9.04. The fourth-order valence-corrected chi connectivity index (χ4v) is 2.86. The molecule has 1 aromatic carbocycles. The number of thiophene rings is 1. The molecule has 2 heterocycles. The SMILES string of the molecule is O=C(CCc1nc(-c2cccs2)no1)NCC(=O)Nc1ccc(Cl)cc1. The van der Waals surface area contributed by atoms with Crippen LogP contribution in [-0.2, 0) is 16.0 Å². The second-order valence-electron chi connectivity index (χ2n) is 5.32. The van der Waals surface area contributed by atoms with Crippen molar-refractivity contribution < 1.29 is 14.1 Å². The number of benzene rings is 1. The van der Waals surface area contributed by atoms with Gasteiger partial charge in [-0.25, -0.2) is 0 Å². The highest BCUT2D eigenvalue weighted by Gasteiger charge is 2.12. The van der Waals surface area contributed by atoms with Crippen molar-refractivity contribution >= 4 is 40.4 Å². The first-order chi connectivity index (χ1) is 12.6.